The van der Waals surface area contributed by atoms with Crippen LogP contribution in [0.25, 0.3) is 0 Å². The molecule has 0 unspecified atom stereocenters. The van der Waals surface area contributed by atoms with Crippen LogP contribution in [0, 0.1) is 5.82 Å². The number of nitrogens with one attached hydrogen (secondary N) is 1. The Morgan fingerprint density at radius 3 is 2.46 bits per heavy atom. The Bertz CT molecular complexity index is 766. The molecule has 0 bridgehead atoms. The molecular weight excluding hydrogens is 309 g/mol. The lowest BCUT2D eigenvalue weighted by atomic mass is 9.95. The first kappa shape index (κ1) is 16.2. The van der Waals surface area contributed by atoms with Gasteiger partial charge in [-0.2, -0.15) is 0 Å². The fourth-order valence-corrected chi connectivity index (χ4v) is 2.85. The molecule has 1 amide bonds. The summed E-state index contributed by atoms with van der Waals surface area (Å²) in [6.45, 7) is 0. The second-order valence-electron chi connectivity index (χ2n) is 6.14. The molecule has 2 N–H and O–H groups in total. The van der Waals surface area contributed by atoms with Gasteiger partial charge in [-0.3, -0.25) is 9.59 Å². The van der Waals surface area contributed by atoms with Crippen LogP contribution in [0.5, 0.6) is 0 Å². The summed E-state index contributed by atoms with van der Waals surface area (Å²) in [5.41, 5.74) is 1.76. The number of hydrogen-bond acceptors (Lipinski definition) is 2. The number of carboxylic acid groups (broad SMARTS) is 1. The standard InChI is InChI=1S/C19H18FNO3/c20-15-7-5-14(6-8-15)19(10-11-19)18(24)21-16-3-1-2-13(12-16)4-9-17(22)23/h1-3,5-8,12H,4,9-11H2,(H,21,24)(H,22,23). The fraction of sp³-hybridized carbons (Fsp3) is 0.263. The SMILES string of the molecule is O=C(O)CCc1cccc(NC(=O)C2(c3ccc(F)cc3)CC2)c1. The second kappa shape index (κ2) is 6.43. The topological polar surface area (TPSA) is 66.4 Å². The highest BCUT2D eigenvalue weighted by Crippen LogP contribution is 2.49. The maximum Gasteiger partial charge on any atom is 0.303 e. The highest BCUT2D eigenvalue weighted by Gasteiger charge is 2.51. The first-order chi connectivity index (χ1) is 11.5. The van der Waals surface area contributed by atoms with E-state index in [-0.39, 0.29) is 18.1 Å². The summed E-state index contributed by atoms with van der Waals surface area (Å²) in [7, 11) is 0. The van der Waals surface area contributed by atoms with E-state index in [1.54, 1.807) is 30.3 Å². The first-order valence-corrected chi connectivity index (χ1v) is 7.88. The van der Waals surface area contributed by atoms with Crippen LogP contribution in [0.2, 0.25) is 0 Å². The van der Waals surface area contributed by atoms with Crippen molar-refractivity contribution in [2.45, 2.75) is 31.1 Å². The van der Waals surface area contributed by atoms with Gasteiger partial charge in [0, 0.05) is 12.1 Å². The van der Waals surface area contributed by atoms with Crippen LogP contribution < -0.4 is 5.32 Å². The lowest BCUT2D eigenvalue weighted by Crippen LogP contribution is -2.27. The van der Waals surface area contributed by atoms with E-state index in [1.807, 2.05) is 6.07 Å². The Morgan fingerprint density at radius 2 is 1.83 bits per heavy atom. The third-order valence-corrected chi connectivity index (χ3v) is 4.39. The van der Waals surface area contributed by atoms with E-state index in [0.717, 1.165) is 24.0 Å². The molecule has 0 saturated heterocycles. The van der Waals surface area contributed by atoms with Gasteiger partial charge >= 0.3 is 5.97 Å². The summed E-state index contributed by atoms with van der Waals surface area (Å²) in [5, 5.41) is 11.7. The molecule has 4 nitrogen and oxygen atoms in total. The Hall–Kier alpha value is -2.69. The van der Waals surface area contributed by atoms with Crippen molar-refractivity contribution in [3.05, 3.63) is 65.5 Å². The number of halogens is 1. The molecule has 1 saturated carbocycles. The van der Waals surface area contributed by atoms with Crippen molar-refractivity contribution in [3.63, 3.8) is 0 Å². The number of aryl methyl sites for hydroxylation is 1. The third-order valence-electron chi connectivity index (χ3n) is 4.39. The minimum atomic E-state index is -0.849. The average molecular weight is 327 g/mol. The zero-order valence-electron chi connectivity index (χ0n) is 13.1. The quantitative estimate of drug-likeness (QED) is 0.853. The number of rotatable bonds is 6. The van der Waals surface area contributed by atoms with Crippen LogP contribution in [0.1, 0.15) is 30.4 Å². The van der Waals surface area contributed by atoms with Crippen molar-refractivity contribution in [1.29, 1.82) is 0 Å². The normalized spacial score (nSPS) is 14.9. The van der Waals surface area contributed by atoms with Gasteiger partial charge in [0.05, 0.1) is 5.41 Å². The minimum Gasteiger partial charge on any atom is -0.481 e. The maximum absolute atomic E-state index is 13.1. The molecule has 1 aliphatic rings. The number of benzene rings is 2. The van der Waals surface area contributed by atoms with Gasteiger partial charge in [0.1, 0.15) is 5.82 Å². The molecule has 3 rings (SSSR count). The van der Waals surface area contributed by atoms with Crippen molar-refractivity contribution in [1.82, 2.24) is 0 Å². The molecule has 0 atom stereocenters. The summed E-state index contributed by atoms with van der Waals surface area (Å²) in [6.07, 6.45) is 1.95. The van der Waals surface area contributed by atoms with Gasteiger partial charge in [0.25, 0.3) is 0 Å². The molecule has 0 radical (unpaired) electrons. The van der Waals surface area contributed by atoms with Crippen LogP contribution in [-0.2, 0) is 21.4 Å². The molecule has 5 heteroatoms. The first-order valence-electron chi connectivity index (χ1n) is 7.88. The Balaban J connectivity index is 1.72. The summed E-state index contributed by atoms with van der Waals surface area (Å²) >= 11 is 0. The van der Waals surface area contributed by atoms with E-state index in [9.17, 15) is 14.0 Å². The van der Waals surface area contributed by atoms with Crippen LogP contribution in [0.15, 0.2) is 48.5 Å². The van der Waals surface area contributed by atoms with E-state index in [1.165, 1.54) is 12.1 Å². The van der Waals surface area contributed by atoms with Crippen molar-refractivity contribution >= 4 is 17.6 Å². The van der Waals surface area contributed by atoms with E-state index >= 15 is 0 Å². The smallest absolute Gasteiger partial charge is 0.303 e. The summed E-state index contributed by atoms with van der Waals surface area (Å²) < 4.78 is 13.1. The van der Waals surface area contributed by atoms with Crippen LogP contribution >= 0.6 is 0 Å². The van der Waals surface area contributed by atoms with Crippen molar-refractivity contribution in [2.75, 3.05) is 5.32 Å². The Labute approximate surface area is 139 Å². The molecule has 2 aromatic carbocycles. The molecule has 2 aromatic rings. The molecule has 0 aliphatic heterocycles. The van der Waals surface area contributed by atoms with Gasteiger partial charge < -0.3 is 10.4 Å². The van der Waals surface area contributed by atoms with Gasteiger partial charge in [-0.1, -0.05) is 24.3 Å². The minimum absolute atomic E-state index is 0.0525. The van der Waals surface area contributed by atoms with E-state index in [0.29, 0.717) is 12.1 Å². The monoisotopic (exact) mass is 327 g/mol. The van der Waals surface area contributed by atoms with E-state index in [2.05, 4.69) is 5.32 Å². The zero-order valence-corrected chi connectivity index (χ0v) is 13.1. The van der Waals surface area contributed by atoms with Gasteiger partial charge in [-0.25, -0.2) is 4.39 Å². The van der Waals surface area contributed by atoms with Gasteiger partial charge in [-0.05, 0) is 54.7 Å². The summed E-state index contributed by atoms with van der Waals surface area (Å²) in [6, 6.07) is 13.3. The summed E-state index contributed by atoms with van der Waals surface area (Å²) in [5.74, 6) is -1.27. The predicted octanol–water partition coefficient (Wildman–Crippen LogP) is 3.51. The summed E-state index contributed by atoms with van der Waals surface area (Å²) in [4.78, 5) is 23.3. The molecule has 0 heterocycles. The number of anilines is 1. The average Bonchev–Trinajstić information content (AvgIpc) is 3.36. The fourth-order valence-electron chi connectivity index (χ4n) is 2.85. The van der Waals surface area contributed by atoms with E-state index in [4.69, 9.17) is 5.11 Å². The van der Waals surface area contributed by atoms with Crippen LogP contribution in [0.4, 0.5) is 10.1 Å². The highest BCUT2D eigenvalue weighted by atomic mass is 19.1. The predicted molar refractivity (Wildman–Crippen MR) is 88.3 cm³/mol. The molecule has 24 heavy (non-hydrogen) atoms. The van der Waals surface area contributed by atoms with Crippen molar-refractivity contribution in [3.8, 4) is 0 Å². The molecule has 0 aromatic heterocycles. The van der Waals surface area contributed by atoms with Gasteiger partial charge in [0.2, 0.25) is 5.91 Å². The van der Waals surface area contributed by atoms with Crippen molar-refractivity contribution < 1.29 is 19.1 Å². The second-order valence-corrected chi connectivity index (χ2v) is 6.14. The maximum atomic E-state index is 13.1. The number of aliphatic carboxylic acids is 1. The van der Waals surface area contributed by atoms with Crippen molar-refractivity contribution in [2.24, 2.45) is 0 Å². The number of hydrogen-bond donors (Lipinski definition) is 2. The van der Waals surface area contributed by atoms with Gasteiger partial charge in [-0.15, -0.1) is 0 Å². The number of amides is 1. The Kier molecular flexibility index (Phi) is 4.34. The van der Waals surface area contributed by atoms with Crippen LogP contribution in [-0.4, -0.2) is 17.0 Å². The van der Waals surface area contributed by atoms with Gasteiger partial charge in [0.15, 0.2) is 0 Å². The number of carbonyl (C=O) groups is 2. The molecular formula is C19H18FNO3. The molecule has 1 aliphatic carbocycles. The van der Waals surface area contributed by atoms with E-state index < -0.39 is 11.4 Å². The highest BCUT2D eigenvalue weighted by molar-refractivity contribution is 6.01. The number of carbonyl (C=O) groups excluding carboxylic acids is 1. The molecule has 0 spiro atoms. The zero-order chi connectivity index (χ0) is 17.2. The number of carboxylic acids is 1. The largest absolute Gasteiger partial charge is 0.481 e. The lowest BCUT2D eigenvalue weighted by Gasteiger charge is -2.16. The van der Waals surface area contributed by atoms with Crippen LogP contribution in [0.3, 0.4) is 0 Å². The lowest BCUT2D eigenvalue weighted by molar-refractivity contribution is -0.137. The Morgan fingerprint density at radius 1 is 1.12 bits per heavy atom. The molecule has 1 fully saturated rings. The molecule has 124 valence electrons. The third kappa shape index (κ3) is 3.45.